The number of carbonyl (C=O) groups is 1. The van der Waals surface area contributed by atoms with Crippen molar-refractivity contribution in [2.75, 3.05) is 13.4 Å². The summed E-state index contributed by atoms with van der Waals surface area (Å²) in [5.41, 5.74) is 0.391. The standard InChI is InChI=1S/C10H10ClNO6S/c1-16-10(13)17-8-5-3-7(4-6-8)9(11)12-18-19(2,14)15/h3-6H,1-2H3/b12-9-. The van der Waals surface area contributed by atoms with Crippen LogP contribution in [0.15, 0.2) is 29.4 Å². The summed E-state index contributed by atoms with van der Waals surface area (Å²) < 4.78 is 34.7. The lowest BCUT2D eigenvalue weighted by Gasteiger charge is -2.03. The SMILES string of the molecule is COC(=O)Oc1ccc(/C(Cl)=N/OS(C)(=O)=O)cc1. The molecule has 0 aliphatic heterocycles. The molecule has 0 saturated heterocycles. The normalized spacial score (nSPS) is 11.8. The molecule has 0 aliphatic rings. The molecule has 0 radical (unpaired) electrons. The minimum Gasteiger partial charge on any atom is -0.437 e. The van der Waals surface area contributed by atoms with Crippen molar-refractivity contribution in [2.24, 2.45) is 5.16 Å². The summed E-state index contributed by atoms with van der Waals surface area (Å²) in [5.74, 6) is 0.240. The average Bonchev–Trinajstić information content (AvgIpc) is 2.36. The van der Waals surface area contributed by atoms with Gasteiger partial charge in [-0.2, -0.15) is 8.42 Å². The average molecular weight is 308 g/mol. The highest BCUT2D eigenvalue weighted by atomic mass is 35.5. The van der Waals surface area contributed by atoms with Gasteiger partial charge in [-0.15, -0.1) is 0 Å². The van der Waals surface area contributed by atoms with E-state index in [4.69, 9.17) is 16.3 Å². The molecule has 9 heteroatoms. The number of rotatable bonds is 4. The summed E-state index contributed by atoms with van der Waals surface area (Å²) in [5, 5.41) is 3.08. The first-order valence-corrected chi connectivity index (χ1v) is 6.99. The van der Waals surface area contributed by atoms with E-state index in [1.807, 2.05) is 0 Å². The van der Waals surface area contributed by atoms with E-state index in [1.165, 1.54) is 31.4 Å². The molecule has 7 nitrogen and oxygen atoms in total. The Bertz CT molecular complexity index is 581. The predicted octanol–water partition coefficient (Wildman–Crippen LogP) is 1.71. The van der Waals surface area contributed by atoms with Crippen LogP contribution < -0.4 is 4.74 Å². The summed E-state index contributed by atoms with van der Waals surface area (Å²) in [4.78, 5) is 10.8. The molecule has 0 aliphatic carbocycles. The molecule has 0 atom stereocenters. The third-order valence-corrected chi connectivity index (χ3v) is 2.35. The van der Waals surface area contributed by atoms with Crippen molar-refractivity contribution in [3.05, 3.63) is 29.8 Å². The van der Waals surface area contributed by atoms with Crippen molar-refractivity contribution < 1.29 is 27.0 Å². The van der Waals surface area contributed by atoms with Crippen LogP contribution in [0.2, 0.25) is 0 Å². The zero-order valence-electron chi connectivity index (χ0n) is 9.99. The molecule has 19 heavy (non-hydrogen) atoms. The highest BCUT2D eigenvalue weighted by Gasteiger charge is 2.07. The van der Waals surface area contributed by atoms with Gasteiger partial charge in [0.05, 0.1) is 13.4 Å². The highest BCUT2D eigenvalue weighted by molar-refractivity contribution is 7.85. The number of hydrogen-bond donors (Lipinski definition) is 0. The first kappa shape index (κ1) is 15.3. The molecule has 0 amide bonds. The van der Waals surface area contributed by atoms with E-state index in [0.717, 1.165) is 6.26 Å². The maximum Gasteiger partial charge on any atom is 0.513 e. The highest BCUT2D eigenvalue weighted by Crippen LogP contribution is 2.15. The molecule has 0 bridgehead atoms. The monoisotopic (exact) mass is 307 g/mol. The molecular weight excluding hydrogens is 298 g/mol. The Morgan fingerprint density at radius 1 is 1.26 bits per heavy atom. The second-order valence-electron chi connectivity index (χ2n) is 3.24. The molecule has 0 unspecified atom stereocenters. The lowest BCUT2D eigenvalue weighted by Crippen LogP contribution is -2.07. The third kappa shape index (κ3) is 5.58. The molecule has 104 valence electrons. The number of nitrogens with zero attached hydrogens (tertiary/aromatic N) is 1. The van der Waals surface area contributed by atoms with E-state index in [9.17, 15) is 13.2 Å². The van der Waals surface area contributed by atoms with E-state index in [0.29, 0.717) is 5.56 Å². The van der Waals surface area contributed by atoms with Gasteiger partial charge in [-0.3, -0.25) is 4.28 Å². The summed E-state index contributed by atoms with van der Waals surface area (Å²) >= 11 is 5.73. The molecule has 0 saturated carbocycles. The van der Waals surface area contributed by atoms with Gasteiger partial charge in [0.1, 0.15) is 5.75 Å². The van der Waals surface area contributed by atoms with E-state index >= 15 is 0 Å². The van der Waals surface area contributed by atoms with Crippen molar-refractivity contribution in [1.82, 2.24) is 0 Å². The van der Waals surface area contributed by atoms with Crippen LogP contribution >= 0.6 is 11.6 Å². The summed E-state index contributed by atoms with van der Waals surface area (Å²) in [6, 6.07) is 5.81. The predicted molar refractivity (Wildman–Crippen MR) is 67.8 cm³/mol. The minimum absolute atomic E-state index is 0.157. The number of methoxy groups -OCH3 is 1. The van der Waals surface area contributed by atoms with E-state index in [-0.39, 0.29) is 10.9 Å². The Kier molecular flexibility index (Phi) is 5.13. The van der Waals surface area contributed by atoms with Gasteiger partial charge in [0.15, 0.2) is 5.17 Å². The fraction of sp³-hybridized carbons (Fsp3) is 0.200. The van der Waals surface area contributed by atoms with E-state index < -0.39 is 16.3 Å². The van der Waals surface area contributed by atoms with Crippen LogP contribution in [-0.2, 0) is 19.1 Å². The van der Waals surface area contributed by atoms with Crippen molar-refractivity contribution in [3.63, 3.8) is 0 Å². The van der Waals surface area contributed by atoms with Gasteiger partial charge in [-0.05, 0) is 24.3 Å². The summed E-state index contributed by atoms with van der Waals surface area (Å²) in [7, 11) is -2.53. The van der Waals surface area contributed by atoms with Crippen molar-refractivity contribution >= 4 is 33.0 Å². The smallest absolute Gasteiger partial charge is 0.437 e. The van der Waals surface area contributed by atoms with Crippen LogP contribution in [0.3, 0.4) is 0 Å². The number of carbonyl (C=O) groups excluding carboxylic acids is 1. The van der Waals surface area contributed by atoms with E-state index in [2.05, 4.69) is 14.2 Å². The van der Waals surface area contributed by atoms with Crippen molar-refractivity contribution in [1.29, 1.82) is 0 Å². The maximum atomic E-state index is 10.8. The fourth-order valence-corrected chi connectivity index (χ4v) is 1.36. The van der Waals surface area contributed by atoms with Gasteiger partial charge in [0.25, 0.3) is 0 Å². The molecular formula is C10H10ClNO6S. The van der Waals surface area contributed by atoms with E-state index in [1.54, 1.807) is 0 Å². The van der Waals surface area contributed by atoms with Crippen LogP contribution in [0.25, 0.3) is 0 Å². The van der Waals surface area contributed by atoms with Gasteiger partial charge in [0.2, 0.25) is 0 Å². The lowest BCUT2D eigenvalue weighted by atomic mass is 10.2. The van der Waals surface area contributed by atoms with Crippen LogP contribution in [0.5, 0.6) is 5.75 Å². The molecule has 1 rings (SSSR count). The molecule has 0 heterocycles. The lowest BCUT2D eigenvalue weighted by molar-refractivity contribution is 0.121. The quantitative estimate of drug-likeness (QED) is 0.364. The second kappa shape index (κ2) is 6.39. The number of oxime groups is 1. The number of benzene rings is 1. The fourth-order valence-electron chi connectivity index (χ4n) is 0.952. The first-order valence-electron chi connectivity index (χ1n) is 4.80. The Balaban J connectivity index is 2.78. The van der Waals surface area contributed by atoms with Crippen molar-refractivity contribution in [2.45, 2.75) is 0 Å². The molecule has 1 aromatic rings. The van der Waals surface area contributed by atoms with Crippen LogP contribution in [-0.4, -0.2) is 33.1 Å². The van der Waals surface area contributed by atoms with Gasteiger partial charge in [-0.25, -0.2) is 4.79 Å². The molecule has 0 N–H and O–H groups in total. The second-order valence-corrected chi connectivity index (χ2v) is 5.16. The Hall–Kier alpha value is -1.80. The van der Waals surface area contributed by atoms with Crippen LogP contribution in [0.4, 0.5) is 4.79 Å². The number of halogens is 1. The third-order valence-electron chi connectivity index (χ3n) is 1.71. The first-order chi connectivity index (χ1) is 8.81. The topological polar surface area (TPSA) is 91.3 Å². The Morgan fingerprint density at radius 2 is 1.84 bits per heavy atom. The molecule has 0 spiro atoms. The molecule has 0 aromatic heterocycles. The van der Waals surface area contributed by atoms with Gasteiger partial charge in [0, 0.05) is 5.56 Å². The largest absolute Gasteiger partial charge is 0.513 e. The minimum atomic E-state index is -3.71. The van der Waals surface area contributed by atoms with Crippen LogP contribution in [0, 0.1) is 0 Å². The van der Waals surface area contributed by atoms with Crippen LogP contribution in [0.1, 0.15) is 5.56 Å². The van der Waals surface area contributed by atoms with Gasteiger partial charge < -0.3 is 9.47 Å². The molecule has 1 aromatic carbocycles. The zero-order valence-corrected chi connectivity index (χ0v) is 11.6. The maximum absolute atomic E-state index is 10.8. The number of hydrogen-bond acceptors (Lipinski definition) is 7. The summed E-state index contributed by atoms with van der Waals surface area (Å²) in [6.07, 6.45) is -0.0125. The Labute approximate surface area is 114 Å². The zero-order chi connectivity index (χ0) is 14.5. The Morgan fingerprint density at radius 3 is 2.32 bits per heavy atom. The number of ether oxygens (including phenoxy) is 2. The van der Waals surface area contributed by atoms with Crippen molar-refractivity contribution in [3.8, 4) is 5.75 Å². The summed E-state index contributed by atoms with van der Waals surface area (Å²) in [6.45, 7) is 0. The van der Waals surface area contributed by atoms with Gasteiger partial charge in [-0.1, -0.05) is 16.8 Å². The molecule has 0 fully saturated rings. The van der Waals surface area contributed by atoms with Gasteiger partial charge >= 0.3 is 16.3 Å².